The van der Waals surface area contributed by atoms with Crippen LogP contribution in [0.4, 0.5) is 0 Å². The Labute approximate surface area is 55.6 Å². The lowest BCUT2D eigenvalue weighted by Gasteiger charge is -2.02. The minimum Gasteiger partial charge on any atom is -0.395 e. The molecule has 56 valence electrons. The molecule has 0 spiro atoms. The Morgan fingerprint density at radius 1 is 1.22 bits per heavy atom. The zero-order valence-corrected chi connectivity index (χ0v) is 5.78. The van der Waals surface area contributed by atoms with Crippen molar-refractivity contribution in [3.63, 3.8) is 0 Å². The Kier molecular flexibility index (Phi) is 7.70. The molecule has 4 nitrogen and oxygen atoms in total. The molecule has 4 N–H and O–H groups in total. The van der Waals surface area contributed by atoms with Gasteiger partial charge in [0.05, 0.1) is 6.61 Å². The van der Waals surface area contributed by atoms with Crippen molar-refractivity contribution in [2.45, 2.75) is 0 Å². The molecule has 0 aromatic heterocycles. The molecule has 0 radical (unpaired) electrons. The van der Waals surface area contributed by atoms with Crippen LogP contribution in [0.1, 0.15) is 0 Å². The fourth-order valence-electron chi connectivity index (χ4n) is 0.480. The summed E-state index contributed by atoms with van der Waals surface area (Å²) in [5.41, 5.74) is 5.71. The SMILES string of the molecule is CNNCCNCCO. The lowest BCUT2D eigenvalue weighted by molar-refractivity contribution is 0.292. The first-order chi connectivity index (χ1) is 4.41. The first-order valence-electron chi connectivity index (χ1n) is 3.13. The molecule has 0 aliphatic carbocycles. The van der Waals surface area contributed by atoms with Gasteiger partial charge in [0.1, 0.15) is 0 Å². The predicted molar refractivity (Wildman–Crippen MR) is 37.0 cm³/mol. The molecule has 0 unspecified atom stereocenters. The number of aliphatic hydroxyl groups is 1. The highest BCUT2D eigenvalue weighted by Crippen LogP contribution is 1.55. The van der Waals surface area contributed by atoms with E-state index < -0.39 is 0 Å². The van der Waals surface area contributed by atoms with Crippen LogP contribution in [0.2, 0.25) is 0 Å². The first-order valence-corrected chi connectivity index (χ1v) is 3.13. The zero-order valence-electron chi connectivity index (χ0n) is 5.78. The van der Waals surface area contributed by atoms with Crippen molar-refractivity contribution in [1.82, 2.24) is 16.2 Å². The third kappa shape index (κ3) is 7.84. The van der Waals surface area contributed by atoms with Crippen LogP contribution in [0.25, 0.3) is 0 Å². The van der Waals surface area contributed by atoms with Gasteiger partial charge in [-0.2, -0.15) is 0 Å². The largest absolute Gasteiger partial charge is 0.395 e. The molecule has 0 atom stereocenters. The number of rotatable bonds is 6. The number of hydrogen-bond donors (Lipinski definition) is 4. The van der Waals surface area contributed by atoms with Crippen molar-refractivity contribution < 1.29 is 5.11 Å². The summed E-state index contributed by atoms with van der Waals surface area (Å²) in [6, 6.07) is 0. The first kappa shape index (κ1) is 8.84. The second-order valence-corrected chi connectivity index (χ2v) is 1.65. The second kappa shape index (κ2) is 7.84. The van der Waals surface area contributed by atoms with Crippen LogP contribution in [0.3, 0.4) is 0 Å². The van der Waals surface area contributed by atoms with Gasteiger partial charge in [-0.05, 0) is 7.05 Å². The topological polar surface area (TPSA) is 56.3 Å². The Balaban J connectivity index is 2.60. The average Bonchev–Trinajstić information content (AvgIpc) is 1.89. The highest BCUT2D eigenvalue weighted by Gasteiger charge is 1.81. The predicted octanol–water partition coefficient (Wildman–Crippen LogP) is -1.71. The van der Waals surface area contributed by atoms with E-state index in [4.69, 9.17) is 5.11 Å². The van der Waals surface area contributed by atoms with Gasteiger partial charge in [0.15, 0.2) is 0 Å². The van der Waals surface area contributed by atoms with Gasteiger partial charge in [0.25, 0.3) is 0 Å². The minimum atomic E-state index is 0.208. The molecule has 0 aromatic rings. The number of hydrogen-bond acceptors (Lipinski definition) is 4. The van der Waals surface area contributed by atoms with Crippen LogP contribution < -0.4 is 16.2 Å². The maximum Gasteiger partial charge on any atom is 0.0555 e. The molecular weight excluding hydrogens is 118 g/mol. The molecule has 0 aromatic carbocycles. The van der Waals surface area contributed by atoms with Crippen molar-refractivity contribution >= 4 is 0 Å². The minimum absolute atomic E-state index is 0.208. The highest BCUT2D eigenvalue weighted by atomic mass is 16.3. The van der Waals surface area contributed by atoms with Crippen LogP contribution >= 0.6 is 0 Å². The van der Waals surface area contributed by atoms with Gasteiger partial charge >= 0.3 is 0 Å². The Morgan fingerprint density at radius 2 is 2.00 bits per heavy atom. The van der Waals surface area contributed by atoms with Gasteiger partial charge in [0, 0.05) is 19.6 Å². The summed E-state index contributed by atoms with van der Waals surface area (Å²) in [7, 11) is 1.83. The fourth-order valence-corrected chi connectivity index (χ4v) is 0.480. The quantitative estimate of drug-likeness (QED) is 0.257. The van der Waals surface area contributed by atoms with Gasteiger partial charge in [-0.3, -0.25) is 10.9 Å². The summed E-state index contributed by atoms with van der Waals surface area (Å²) in [5.74, 6) is 0. The van der Waals surface area contributed by atoms with Gasteiger partial charge in [-0.25, -0.2) is 0 Å². The van der Waals surface area contributed by atoms with E-state index in [2.05, 4.69) is 16.2 Å². The van der Waals surface area contributed by atoms with Gasteiger partial charge in [-0.15, -0.1) is 0 Å². The van der Waals surface area contributed by atoms with E-state index in [1.54, 1.807) is 0 Å². The third-order valence-electron chi connectivity index (χ3n) is 0.892. The van der Waals surface area contributed by atoms with E-state index in [1.165, 1.54) is 0 Å². The Morgan fingerprint density at radius 3 is 2.56 bits per heavy atom. The summed E-state index contributed by atoms with van der Waals surface area (Å²) in [6.45, 7) is 2.63. The zero-order chi connectivity index (χ0) is 6.95. The van der Waals surface area contributed by atoms with E-state index in [9.17, 15) is 0 Å². The molecule has 0 saturated heterocycles. The fraction of sp³-hybridized carbons (Fsp3) is 1.00. The van der Waals surface area contributed by atoms with Crippen molar-refractivity contribution in [2.75, 3.05) is 33.3 Å². The third-order valence-corrected chi connectivity index (χ3v) is 0.892. The standard InChI is InChI=1S/C5H15N3O/c1-6-8-3-2-7-4-5-9/h6-9H,2-5H2,1H3. The van der Waals surface area contributed by atoms with Crippen LogP contribution in [-0.4, -0.2) is 38.4 Å². The molecular formula is C5H15N3O. The van der Waals surface area contributed by atoms with Crippen molar-refractivity contribution in [1.29, 1.82) is 0 Å². The molecule has 0 bridgehead atoms. The van der Waals surface area contributed by atoms with Crippen LogP contribution in [0, 0.1) is 0 Å². The van der Waals surface area contributed by atoms with Gasteiger partial charge in [0.2, 0.25) is 0 Å². The smallest absolute Gasteiger partial charge is 0.0555 e. The lowest BCUT2D eigenvalue weighted by atomic mass is 10.6. The number of hydrazine groups is 1. The van der Waals surface area contributed by atoms with Gasteiger partial charge in [-0.1, -0.05) is 0 Å². The number of nitrogens with one attached hydrogen (secondary N) is 3. The van der Waals surface area contributed by atoms with E-state index in [1.807, 2.05) is 7.05 Å². The summed E-state index contributed by atoms with van der Waals surface area (Å²) in [6.07, 6.45) is 0. The van der Waals surface area contributed by atoms with Crippen LogP contribution in [0.15, 0.2) is 0 Å². The maximum atomic E-state index is 8.32. The molecule has 0 saturated carbocycles. The van der Waals surface area contributed by atoms with E-state index in [0.717, 1.165) is 13.1 Å². The average molecular weight is 133 g/mol. The summed E-state index contributed by atoms with van der Waals surface area (Å²) in [4.78, 5) is 0. The number of aliphatic hydroxyl groups excluding tert-OH is 1. The van der Waals surface area contributed by atoms with E-state index in [0.29, 0.717) is 6.54 Å². The molecule has 0 amide bonds. The Hall–Kier alpha value is -0.160. The summed E-state index contributed by atoms with van der Waals surface area (Å²) in [5, 5.41) is 11.3. The Bertz CT molecular complexity index is 45.5. The van der Waals surface area contributed by atoms with Crippen LogP contribution in [-0.2, 0) is 0 Å². The monoisotopic (exact) mass is 133 g/mol. The second-order valence-electron chi connectivity index (χ2n) is 1.65. The van der Waals surface area contributed by atoms with Gasteiger partial charge < -0.3 is 10.4 Å². The van der Waals surface area contributed by atoms with Crippen molar-refractivity contribution in [3.05, 3.63) is 0 Å². The van der Waals surface area contributed by atoms with Crippen molar-refractivity contribution in [2.24, 2.45) is 0 Å². The molecule has 9 heavy (non-hydrogen) atoms. The van der Waals surface area contributed by atoms with Crippen LogP contribution in [0.5, 0.6) is 0 Å². The molecule has 4 heteroatoms. The molecule has 0 aliphatic rings. The molecule has 0 rings (SSSR count). The normalized spacial score (nSPS) is 10.0. The highest BCUT2D eigenvalue weighted by molar-refractivity contribution is 4.45. The van der Waals surface area contributed by atoms with E-state index >= 15 is 0 Å². The lowest BCUT2D eigenvalue weighted by Crippen LogP contribution is -2.35. The summed E-state index contributed by atoms with van der Waals surface area (Å²) >= 11 is 0. The maximum absolute atomic E-state index is 8.32. The summed E-state index contributed by atoms with van der Waals surface area (Å²) < 4.78 is 0. The molecule has 0 aliphatic heterocycles. The van der Waals surface area contributed by atoms with Crippen molar-refractivity contribution in [3.8, 4) is 0 Å². The van der Waals surface area contributed by atoms with E-state index in [-0.39, 0.29) is 6.61 Å². The molecule has 0 fully saturated rings. The molecule has 0 heterocycles.